The fraction of sp³-hybridized carbons (Fsp3) is 0.526. The number of likely N-dealkylation sites (tertiary alicyclic amines) is 1. The zero-order valence-electron chi connectivity index (χ0n) is 15.8. The van der Waals surface area contributed by atoms with Crippen molar-refractivity contribution in [2.45, 2.75) is 45.4 Å². The summed E-state index contributed by atoms with van der Waals surface area (Å²) in [6.07, 6.45) is -1.03. The number of alkyl carbamates (subject to hydrolysis) is 1. The van der Waals surface area contributed by atoms with Crippen LogP contribution in [-0.4, -0.2) is 52.9 Å². The van der Waals surface area contributed by atoms with Crippen molar-refractivity contribution in [3.05, 3.63) is 35.9 Å². The van der Waals surface area contributed by atoms with Crippen LogP contribution < -0.4 is 5.32 Å². The molecule has 1 aromatic carbocycles. The largest absolute Gasteiger partial charge is 0.481 e. The first-order valence-corrected chi connectivity index (χ1v) is 8.83. The average molecular weight is 378 g/mol. The smallest absolute Gasteiger partial charge is 0.410 e. The molecule has 1 aliphatic rings. The van der Waals surface area contributed by atoms with Crippen molar-refractivity contribution >= 4 is 18.2 Å². The van der Waals surface area contributed by atoms with Crippen molar-refractivity contribution in [2.75, 3.05) is 13.1 Å². The molecule has 2 amide bonds. The Morgan fingerprint density at radius 2 is 1.89 bits per heavy atom. The molecule has 1 aliphatic heterocycles. The molecule has 0 radical (unpaired) electrons. The molecular weight excluding hydrogens is 352 g/mol. The number of hydrogen-bond donors (Lipinski definition) is 2. The Morgan fingerprint density at radius 3 is 2.48 bits per heavy atom. The summed E-state index contributed by atoms with van der Waals surface area (Å²) in [5, 5.41) is 12.0. The van der Waals surface area contributed by atoms with Crippen LogP contribution in [0.1, 0.15) is 32.8 Å². The second kappa shape index (κ2) is 8.75. The maximum atomic E-state index is 12.2. The molecule has 2 N–H and O–H groups in total. The number of carbonyl (C=O) groups is 3. The van der Waals surface area contributed by atoms with Crippen molar-refractivity contribution in [1.82, 2.24) is 10.2 Å². The molecule has 8 nitrogen and oxygen atoms in total. The van der Waals surface area contributed by atoms with Gasteiger partial charge >= 0.3 is 18.2 Å². The molecule has 1 saturated heterocycles. The van der Waals surface area contributed by atoms with Crippen molar-refractivity contribution in [3.8, 4) is 0 Å². The molecule has 148 valence electrons. The summed E-state index contributed by atoms with van der Waals surface area (Å²) in [6.45, 7) is 5.64. The predicted octanol–water partition coefficient (Wildman–Crippen LogP) is 2.62. The number of hydrogen-bond acceptors (Lipinski definition) is 5. The molecule has 0 aliphatic carbocycles. The monoisotopic (exact) mass is 378 g/mol. The number of aliphatic carboxylic acids is 1. The van der Waals surface area contributed by atoms with E-state index in [1.165, 1.54) is 4.90 Å². The van der Waals surface area contributed by atoms with Crippen LogP contribution >= 0.6 is 0 Å². The number of amides is 2. The Morgan fingerprint density at radius 1 is 1.22 bits per heavy atom. The standard InChI is InChI=1S/C19H26N2O6/c1-19(2,3)27-18(25)21-10-9-14(16(22)23)15(11-21)20-17(24)26-12-13-7-5-4-6-8-13/h4-8,14-15H,9-12H2,1-3H3,(H,20,24)(H,22,23)/t14-,15-/m0/s1. The Balaban J connectivity index is 1.96. The highest BCUT2D eigenvalue weighted by Gasteiger charge is 2.38. The predicted molar refractivity (Wildman–Crippen MR) is 97.1 cm³/mol. The fourth-order valence-corrected chi connectivity index (χ4v) is 2.80. The second-order valence-corrected chi connectivity index (χ2v) is 7.47. The van der Waals surface area contributed by atoms with Gasteiger partial charge in [-0.05, 0) is 32.8 Å². The lowest BCUT2D eigenvalue weighted by Gasteiger charge is -2.37. The normalized spacial score (nSPS) is 19.9. The van der Waals surface area contributed by atoms with Crippen molar-refractivity contribution in [2.24, 2.45) is 5.92 Å². The minimum Gasteiger partial charge on any atom is -0.481 e. The zero-order chi connectivity index (χ0) is 20.0. The molecule has 1 aromatic rings. The van der Waals surface area contributed by atoms with Crippen molar-refractivity contribution < 1.29 is 29.0 Å². The van der Waals surface area contributed by atoms with Gasteiger partial charge in [0, 0.05) is 13.1 Å². The summed E-state index contributed by atoms with van der Waals surface area (Å²) >= 11 is 0. The van der Waals surface area contributed by atoms with Crippen LogP contribution in [0.5, 0.6) is 0 Å². The first-order valence-electron chi connectivity index (χ1n) is 8.83. The van der Waals surface area contributed by atoms with Crippen LogP contribution in [0.25, 0.3) is 0 Å². The van der Waals surface area contributed by atoms with E-state index in [0.29, 0.717) is 0 Å². The number of ether oxygens (including phenoxy) is 2. The molecule has 2 atom stereocenters. The summed E-state index contributed by atoms with van der Waals surface area (Å²) in [5.74, 6) is -1.82. The molecule has 0 aromatic heterocycles. The molecule has 0 bridgehead atoms. The minimum atomic E-state index is -1.02. The quantitative estimate of drug-likeness (QED) is 0.834. The molecule has 0 unspecified atom stereocenters. The Labute approximate surface area is 158 Å². The van der Waals surface area contributed by atoms with E-state index in [0.717, 1.165) is 5.56 Å². The number of benzene rings is 1. The van der Waals surface area contributed by atoms with Crippen molar-refractivity contribution in [1.29, 1.82) is 0 Å². The third kappa shape index (κ3) is 6.47. The number of rotatable bonds is 4. The Bertz CT molecular complexity index is 671. The third-order valence-electron chi connectivity index (χ3n) is 4.10. The number of nitrogens with one attached hydrogen (secondary N) is 1. The summed E-state index contributed by atoms with van der Waals surface area (Å²) in [6, 6.07) is 8.39. The molecule has 1 heterocycles. The van der Waals surface area contributed by atoms with Crippen LogP contribution in [0.15, 0.2) is 30.3 Å². The van der Waals surface area contributed by atoms with E-state index in [9.17, 15) is 19.5 Å². The summed E-state index contributed by atoms with van der Waals surface area (Å²) < 4.78 is 10.5. The van der Waals surface area contributed by atoms with E-state index < -0.39 is 35.7 Å². The van der Waals surface area contributed by atoms with Gasteiger partial charge in [-0.25, -0.2) is 9.59 Å². The van der Waals surface area contributed by atoms with E-state index >= 15 is 0 Å². The molecule has 0 spiro atoms. The van der Waals surface area contributed by atoms with Crippen molar-refractivity contribution in [3.63, 3.8) is 0 Å². The van der Waals surface area contributed by atoms with Gasteiger partial charge in [0.25, 0.3) is 0 Å². The highest BCUT2D eigenvalue weighted by molar-refractivity contribution is 5.75. The number of carboxylic acid groups (broad SMARTS) is 1. The number of carbonyl (C=O) groups excluding carboxylic acids is 2. The number of carboxylic acids is 1. The van der Waals surface area contributed by atoms with Crippen LogP contribution in [0.3, 0.4) is 0 Å². The van der Waals surface area contributed by atoms with Gasteiger partial charge < -0.3 is 24.8 Å². The first-order chi connectivity index (χ1) is 12.7. The average Bonchev–Trinajstić information content (AvgIpc) is 2.59. The fourth-order valence-electron chi connectivity index (χ4n) is 2.80. The van der Waals surface area contributed by atoms with Crippen LogP contribution in [0, 0.1) is 5.92 Å². The lowest BCUT2D eigenvalue weighted by molar-refractivity contribution is -0.144. The molecule has 0 saturated carbocycles. The highest BCUT2D eigenvalue weighted by Crippen LogP contribution is 2.21. The van der Waals surface area contributed by atoms with Crippen LogP contribution in [-0.2, 0) is 20.9 Å². The summed E-state index contributed by atoms with van der Waals surface area (Å²) in [5.41, 5.74) is 0.166. The topological polar surface area (TPSA) is 105 Å². The van der Waals surface area contributed by atoms with E-state index in [2.05, 4.69) is 5.32 Å². The van der Waals surface area contributed by atoms with Gasteiger partial charge in [-0.1, -0.05) is 30.3 Å². The first kappa shape index (κ1) is 20.5. The van der Waals surface area contributed by atoms with Crippen LogP contribution in [0.2, 0.25) is 0 Å². The SMILES string of the molecule is CC(C)(C)OC(=O)N1CC[C@H](C(=O)O)[C@@H](NC(=O)OCc2ccccc2)C1. The maximum Gasteiger partial charge on any atom is 0.410 e. The van der Waals surface area contributed by atoms with Gasteiger partial charge in [-0.3, -0.25) is 4.79 Å². The molecular formula is C19H26N2O6. The lowest BCUT2D eigenvalue weighted by Crippen LogP contribution is -2.56. The number of piperidine rings is 1. The molecule has 27 heavy (non-hydrogen) atoms. The maximum absolute atomic E-state index is 12.2. The zero-order valence-corrected chi connectivity index (χ0v) is 15.8. The third-order valence-corrected chi connectivity index (χ3v) is 4.10. The molecule has 2 rings (SSSR count). The Kier molecular flexibility index (Phi) is 6.65. The minimum absolute atomic E-state index is 0.0479. The van der Waals surface area contributed by atoms with Gasteiger partial charge in [0.1, 0.15) is 12.2 Å². The Hall–Kier alpha value is -2.77. The van der Waals surface area contributed by atoms with E-state index in [4.69, 9.17) is 9.47 Å². The van der Waals surface area contributed by atoms with Gasteiger partial charge in [-0.2, -0.15) is 0 Å². The van der Waals surface area contributed by atoms with Gasteiger partial charge in [0.05, 0.1) is 12.0 Å². The van der Waals surface area contributed by atoms with E-state index in [-0.39, 0.29) is 26.1 Å². The van der Waals surface area contributed by atoms with E-state index in [1.54, 1.807) is 20.8 Å². The molecule has 8 heteroatoms. The molecule has 1 fully saturated rings. The summed E-state index contributed by atoms with van der Waals surface area (Å²) in [4.78, 5) is 37.3. The second-order valence-electron chi connectivity index (χ2n) is 7.47. The highest BCUT2D eigenvalue weighted by atomic mass is 16.6. The van der Waals surface area contributed by atoms with Gasteiger partial charge in [0.2, 0.25) is 0 Å². The van der Waals surface area contributed by atoms with Gasteiger partial charge in [-0.15, -0.1) is 0 Å². The van der Waals surface area contributed by atoms with Gasteiger partial charge in [0.15, 0.2) is 0 Å². The lowest BCUT2D eigenvalue weighted by atomic mass is 9.92. The summed E-state index contributed by atoms with van der Waals surface area (Å²) in [7, 11) is 0. The van der Waals surface area contributed by atoms with Crippen LogP contribution in [0.4, 0.5) is 9.59 Å². The number of nitrogens with zero attached hydrogens (tertiary/aromatic N) is 1. The van der Waals surface area contributed by atoms with E-state index in [1.807, 2.05) is 30.3 Å².